The predicted molar refractivity (Wildman–Crippen MR) is 72.3 cm³/mol. The molecule has 0 saturated carbocycles. The van der Waals surface area contributed by atoms with Gasteiger partial charge in [0, 0.05) is 44.0 Å². The summed E-state index contributed by atoms with van der Waals surface area (Å²) in [5.74, 6) is 0.574. The number of nitrogens with one attached hydrogen (secondary N) is 1. The minimum absolute atomic E-state index is 0.574. The van der Waals surface area contributed by atoms with Crippen LogP contribution < -0.4 is 5.32 Å². The van der Waals surface area contributed by atoms with Crippen LogP contribution in [-0.2, 0) is 11.3 Å². The Labute approximate surface area is 109 Å². The van der Waals surface area contributed by atoms with E-state index in [1.807, 2.05) is 25.5 Å². The van der Waals surface area contributed by atoms with E-state index in [-0.39, 0.29) is 0 Å². The van der Waals surface area contributed by atoms with Crippen molar-refractivity contribution in [1.29, 1.82) is 0 Å². The van der Waals surface area contributed by atoms with Gasteiger partial charge in [-0.05, 0) is 32.1 Å². The van der Waals surface area contributed by atoms with Gasteiger partial charge >= 0.3 is 0 Å². The molecule has 1 aliphatic heterocycles. The second-order valence-electron chi connectivity index (χ2n) is 5.08. The molecule has 2 heterocycles. The molecule has 0 radical (unpaired) electrons. The Kier molecular flexibility index (Phi) is 5.11. The Hall–Kier alpha value is -0.970. The van der Waals surface area contributed by atoms with Crippen LogP contribution in [0.3, 0.4) is 0 Å². The summed E-state index contributed by atoms with van der Waals surface area (Å²) < 4.78 is 5.59. The Morgan fingerprint density at radius 2 is 2.44 bits per heavy atom. The van der Waals surface area contributed by atoms with Gasteiger partial charge in [0.2, 0.25) is 0 Å². The maximum Gasteiger partial charge on any atom is 0.0521 e. The van der Waals surface area contributed by atoms with E-state index >= 15 is 0 Å². The third-order valence-electron chi connectivity index (χ3n) is 3.57. The van der Waals surface area contributed by atoms with Crippen LogP contribution in [0.15, 0.2) is 24.5 Å². The van der Waals surface area contributed by atoms with Crippen LogP contribution in [0.4, 0.5) is 0 Å². The lowest BCUT2D eigenvalue weighted by molar-refractivity contribution is 0.0208. The lowest BCUT2D eigenvalue weighted by Gasteiger charge is -2.34. The van der Waals surface area contributed by atoms with Crippen LogP contribution in [0.1, 0.15) is 12.0 Å². The molecule has 100 valence electrons. The van der Waals surface area contributed by atoms with Gasteiger partial charge < -0.3 is 15.0 Å². The number of ether oxygens (including phenoxy) is 1. The summed E-state index contributed by atoms with van der Waals surface area (Å²) in [5, 5.41) is 3.40. The molecule has 1 aliphatic rings. The zero-order chi connectivity index (χ0) is 12.8. The molecule has 4 heteroatoms. The third-order valence-corrected chi connectivity index (χ3v) is 3.57. The van der Waals surface area contributed by atoms with Crippen molar-refractivity contribution in [1.82, 2.24) is 15.2 Å². The van der Waals surface area contributed by atoms with Gasteiger partial charge in [0.1, 0.15) is 0 Å². The highest BCUT2D eigenvalue weighted by Crippen LogP contribution is 2.16. The van der Waals surface area contributed by atoms with Crippen molar-refractivity contribution < 1.29 is 4.74 Å². The Balaban J connectivity index is 1.84. The molecule has 0 bridgehead atoms. The second kappa shape index (κ2) is 6.83. The first kappa shape index (κ1) is 13.5. The zero-order valence-corrected chi connectivity index (χ0v) is 11.3. The minimum Gasteiger partial charge on any atom is -0.381 e. The molecule has 1 fully saturated rings. The monoisotopic (exact) mass is 249 g/mol. The van der Waals surface area contributed by atoms with E-state index in [0.29, 0.717) is 12.0 Å². The second-order valence-corrected chi connectivity index (χ2v) is 5.08. The van der Waals surface area contributed by atoms with Crippen molar-refractivity contribution in [3.8, 4) is 0 Å². The fourth-order valence-electron chi connectivity index (χ4n) is 2.63. The number of aromatic nitrogens is 1. The maximum atomic E-state index is 5.59. The first-order valence-corrected chi connectivity index (χ1v) is 6.62. The Morgan fingerprint density at radius 1 is 1.56 bits per heavy atom. The zero-order valence-electron chi connectivity index (χ0n) is 11.3. The van der Waals surface area contributed by atoms with Crippen molar-refractivity contribution in [3.63, 3.8) is 0 Å². The SMILES string of the molecule is CNC1CCOCC1CN(C)Cc1cccnc1. The van der Waals surface area contributed by atoms with Gasteiger partial charge in [-0.2, -0.15) is 0 Å². The summed E-state index contributed by atoms with van der Waals surface area (Å²) in [7, 11) is 4.21. The summed E-state index contributed by atoms with van der Waals surface area (Å²) in [6.07, 6.45) is 4.86. The summed E-state index contributed by atoms with van der Waals surface area (Å²) >= 11 is 0. The molecule has 1 N–H and O–H groups in total. The van der Waals surface area contributed by atoms with Gasteiger partial charge in [-0.3, -0.25) is 4.98 Å². The fourth-order valence-corrected chi connectivity index (χ4v) is 2.63. The van der Waals surface area contributed by atoms with Crippen molar-refractivity contribution in [2.45, 2.75) is 19.0 Å². The highest BCUT2D eigenvalue weighted by molar-refractivity contribution is 5.08. The average molecular weight is 249 g/mol. The highest BCUT2D eigenvalue weighted by Gasteiger charge is 2.25. The molecule has 0 spiro atoms. The largest absolute Gasteiger partial charge is 0.381 e. The van der Waals surface area contributed by atoms with E-state index in [1.54, 1.807) is 0 Å². The van der Waals surface area contributed by atoms with Crippen LogP contribution in [0, 0.1) is 5.92 Å². The first-order valence-electron chi connectivity index (χ1n) is 6.62. The summed E-state index contributed by atoms with van der Waals surface area (Å²) in [5.41, 5.74) is 1.26. The van der Waals surface area contributed by atoms with Gasteiger partial charge in [-0.25, -0.2) is 0 Å². The Bertz CT molecular complexity index is 344. The van der Waals surface area contributed by atoms with Crippen molar-refractivity contribution in [2.24, 2.45) is 5.92 Å². The Morgan fingerprint density at radius 3 is 3.17 bits per heavy atom. The smallest absolute Gasteiger partial charge is 0.0521 e. The normalized spacial score (nSPS) is 24.4. The van der Waals surface area contributed by atoms with E-state index in [9.17, 15) is 0 Å². The lowest BCUT2D eigenvalue weighted by atomic mass is 9.95. The molecule has 2 unspecified atom stereocenters. The molecule has 1 saturated heterocycles. The third kappa shape index (κ3) is 3.77. The van der Waals surface area contributed by atoms with Gasteiger partial charge in [0.15, 0.2) is 0 Å². The van der Waals surface area contributed by atoms with Gasteiger partial charge in [-0.15, -0.1) is 0 Å². The van der Waals surface area contributed by atoms with Gasteiger partial charge in [0.05, 0.1) is 6.61 Å². The van der Waals surface area contributed by atoms with Crippen LogP contribution in [0.25, 0.3) is 0 Å². The summed E-state index contributed by atoms with van der Waals surface area (Å²) in [4.78, 5) is 6.50. The molecule has 2 rings (SSSR count). The molecule has 4 nitrogen and oxygen atoms in total. The van der Waals surface area contributed by atoms with E-state index < -0.39 is 0 Å². The topological polar surface area (TPSA) is 37.4 Å². The van der Waals surface area contributed by atoms with E-state index in [2.05, 4.69) is 28.3 Å². The summed E-state index contributed by atoms with van der Waals surface area (Å²) in [6.45, 7) is 3.75. The van der Waals surface area contributed by atoms with E-state index in [0.717, 1.165) is 32.7 Å². The van der Waals surface area contributed by atoms with E-state index in [1.165, 1.54) is 5.56 Å². The number of hydrogen-bond acceptors (Lipinski definition) is 4. The molecule has 1 aromatic rings. The highest BCUT2D eigenvalue weighted by atomic mass is 16.5. The molecule has 0 aliphatic carbocycles. The van der Waals surface area contributed by atoms with Crippen LogP contribution in [-0.4, -0.2) is 49.8 Å². The number of nitrogens with zero attached hydrogens (tertiary/aromatic N) is 2. The first-order chi connectivity index (χ1) is 8.79. The minimum atomic E-state index is 0.574. The molecular weight excluding hydrogens is 226 g/mol. The average Bonchev–Trinajstić information content (AvgIpc) is 2.40. The number of hydrogen-bond donors (Lipinski definition) is 1. The quantitative estimate of drug-likeness (QED) is 0.849. The fraction of sp³-hybridized carbons (Fsp3) is 0.643. The van der Waals surface area contributed by atoms with Crippen molar-refractivity contribution in [3.05, 3.63) is 30.1 Å². The number of pyridine rings is 1. The van der Waals surface area contributed by atoms with Crippen LogP contribution in [0.5, 0.6) is 0 Å². The number of rotatable bonds is 5. The lowest BCUT2D eigenvalue weighted by Crippen LogP contribution is -2.45. The van der Waals surface area contributed by atoms with Crippen LogP contribution >= 0.6 is 0 Å². The molecule has 0 aromatic carbocycles. The maximum absolute atomic E-state index is 5.59. The molecular formula is C14H23N3O. The van der Waals surface area contributed by atoms with Crippen molar-refractivity contribution >= 4 is 0 Å². The molecule has 18 heavy (non-hydrogen) atoms. The van der Waals surface area contributed by atoms with E-state index in [4.69, 9.17) is 4.74 Å². The molecule has 1 aromatic heterocycles. The molecule has 0 amide bonds. The van der Waals surface area contributed by atoms with Gasteiger partial charge in [-0.1, -0.05) is 6.07 Å². The summed E-state index contributed by atoms with van der Waals surface area (Å²) in [6, 6.07) is 4.69. The predicted octanol–water partition coefficient (Wildman–Crippen LogP) is 1.14. The van der Waals surface area contributed by atoms with Crippen molar-refractivity contribution in [2.75, 3.05) is 33.9 Å². The van der Waals surface area contributed by atoms with Gasteiger partial charge in [0.25, 0.3) is 0 Å². The van der Waals surface area contributed by atoms with Crippen LogP contribution in [0.2, 0.25) is 0 Å². The standard InChI is InChI=1S/C14H23N3O/c1-15-14-5-7-18-11-13(14)10-17(2)9-12-4-3-6-16-8-12/h3-4,6,8,13-15H,5,7,9-11H2,1-2H3. The molecule has 2 atom stereocenters.